The fourth-order valence-electron chi connectivity index (χ4n) is 2.86. The molecule has 0 unspecified atom stereocenters. The van der Waals surface area contributed by atoms with Crippen LogP contribution < -0.4 is 10.6 Å². The number of hydrogen-bond acceptors (Lipinski definition) is 2. The van der Waals surface area contributed by atoms with Crippen LogP contribution in [0.3, 0.4) is 0 Å². The molecule has 3 aromatic rings. The van der Waals surface area contributed by atoms with Crippen molar-refractivity contribution in [2.75, 3.05) is 11.9 Å². The standard InChI is InChI=1S/C19H21ClN4O/c1-2-11-24-13-14(17-7-4-9-21-18(17)24)8-10-22-19(25)23-16-6-3-5-15(20)12-16/h3-7,9,12-13H,2,8,10-11H2,1H3,(H2,22,23,25). The first-order valence-electron chi connectivity index (χ1n) is 8.40. The third-order valence-corrected chi connectivity index (χ3v) is 4.18. The number of carbonyl (C=O) groups is 1. The van der Waals surface area contributed by atoms with Gasteiger partial charge >= 0.3 is 6.03 Å². The lowest BCUT2D eigenvalue weighted by Gasteiger charge is -2.07. The minimum Gasteiger partial charge on any atom is -0.338 e. The van der Waals surface area contributed by atoms with Crippen molar-refractivity contribution in [3.8, 4) is 0 Å². The Hall–Kier alpha value is -2.53. The van der Waals surface area contributed by atoms with Gasteiger partial charge < -0.3 is 15.2 Å². The van der Waals surface area contributed by atoms with Crippen LogP contribution in [0.15, 0.2) is 48.8 Å². The lowest BCUT2D eigenvalue weighted by atomic mass is 10.1. The topological polar surface area (TPSA) is 59.0 Å². The van der Waals surface area contributed by atoms with E-state index in [-0.39, 0.29) is 6.03 Å². The molecule has 0 aliphatic heterocycles. The van der Waals surface area contributed by atoms with Gasteiger partial charge in [-0.2, -0.15) is 0 Å². The van der Waals surface area contributed by atoms with Crippen molar-refractivity contribution in [1.29, 1.82) is 0 Å². The van der Waals surface area contributed by atoms with E-state index in [0.29, 0.717) is 17.3 Å². The fraction of sp³-hybridized carbons (Fsp3) is 0.263. The smallest absolute Gasteiger partial charge is 0.319 e. The van der Waals surface area contributed by atoms with Gasteiger partial charge in [-0.3, -0.25) is 0 Å². The van der Waals surface area contributed by atoms with Crippen LogP contribution in [0.5, 0.6) is 0 Å². The van der Waals surface area contributed by atoms with E-state index in [2.05, 4.69) is 39.4 Å². The summed E-state index contributed by atoms with van der Waals surface area (Å²) in [7, 11) is 0. The number of pyridine rings is 1. The van der Waals surface area contributed by atoms with Gasteiger partial charge in [-0.15, -0.1) is 0 Å². The second-order valence-corrected chi connectivity index (χ2v) is 6.30. The van der Waals surface area contributed by atoms with E-state index < -0.39 is 0 Å². The quantitative estimate of drug-likeness (QED) is 0.684. The Labute approximate surface area is 152 Å². The van der Waals surface area contributed by atoms with Gasteiger partial charge in [0, 0.05) is 41.6 Å². The van der Waals surface area contributed by atoms with Gasteiger partial charge in [0.2, 0.25) is 0 Å². The minimum atomic E-state index is -0.238. The Morgan fingerprint density at radius 3 is 2.96 bits per heavy atom. The molecular weight excluding hydrogens is 336 g/mol. The maximum absolute atomic E-state index is 12.0. The second-order valence-electron chi connectivity index (χ2n) is 5.86. The molecule has 1 aromatic carbocycles. The third-order valence-electron chi connectivity index (χ3n) is 3.94. The summed E-state index contributed by atoms with van der Waals surface area (Å²) in [5.74, 6) is 0. The van der Waals surface area contributed by atoms with E-state index in [1.807, 2.05) is 12.3 Å². The highest BCUT2D eigenvalue weighted by atomic mass is 35.5. The third kappa shape index (κ3) is 4.31. The molecule has 5 nitrogen and oxygen atoms in total. The number of nitrogens with one attached hydrogen (secondary N) is 2. The van der Waals surface area contributed by atoms with Crippen LogP contribution in [0, 0.1) is 0 Å². The number of aryl methyl sites for hydroxylation is 1. The fourth-order valence-corrected chi connectivity index (χ4v) is 3.05. The van der Waals surface area contributed by atoms with Crippen LogP contribution in [0.2, 0.25) is 5.02 Å². The minimum absolute atomic E-state index is 0.238. The summed E-state index contributed by atoms with van der Waals surface area (Å²) < 4.78 is 2.18. The van der Waals surface area contributed by atoms with Crippen molar-refractivity contribution >= 4 is 34.4 Å². The molecule has 3 rings (SSSR count). The number of anilines is 1. The SMILES string of the molecule is CCCn1cc(CCNC(=O)Nc2cccc(Cl)c2)c2cccnc21. The van der Waals surface area contributed by atoms with E-state index in [9.17, 15) is 4.79 Å². The number of hydrogen-bond donors (Lipinski definition) is 2. The number of aromatic nitrogens is 2. The number of amides is 2. The van der Waals surface area contributed by atoms with Crippen LogP contribution in [0.1, 0.15) is 18.9 Å². The summed E-state index contributed by atoms with van der Waals surface area (Å²) in [6, 6.07) is 10.9. The molecule has 0 atom stereocenters. The zero-order chi connectivity index (χ0) is 17.6. The molecule has 25 heavy (non-hydrogen) atoms. The lowest BCUT2D eigenvalue weighted by molar-refractivity contribution is 0.252. The van der Waals surface area contributed by atoms with Gasteiger partial charge in [0.05, 0.1) is 0 Å². The Kier molecular flexibility index (Phi) is 5.56. The molecule has 0 radical (unpaired) electrons. The van der Waals surface area contributed by atoms with E-state index in [1.54, 1.807) is 24.3 Å². The van der Waals surface area contributed by atoms with Gasteiger partial charge in [-0.1, -0.05) is 24.6 Å². The normalized spacial score (nSPS) is 10.8. The number of benzene rings is 1. The van der Waals surface area contributed by atoms with E-state index in [0.717, 1.165) is 30.4 Å². The summed E-state index contributed by atoms with van der Waals surface area (Å²) in [4.78, 5) is 16.5. The summed E-state index contributed by atoms with van der Waals surface area (Å²) in [5, 5.41) is 7.40. The Morgan fingerprint density at radius 2 is 2.16 bits per heavy atom. The monoisotopic (exact) mass is 356 g/mol. The number of fused-ring (bicyclic) bond motifs is 1. The van der Waals surface area contributed by atoms with Crippen molar-refractivity contribution in [1.82, 2.24) is 14.9 Å². The first kappa shape index (κ1) is 17.3. The van der Waals surface area contributed by atoms with Crippen LogP contribution in [0.25, 0.3) is 11.0 Å². The molecule has 0 aliphatic rings. The van der Waals surface area contributed by atoms with Crippen LogP contribution in [0.4, 0.5) is 10.5 Å². The van der Waals surface area contributed by atoms with Crippen LogP contribution in [-0.2, 0) is 13.0 Å². The maximum atomic E-state index is 12.0. The Balaban J connectivity index is 1.60. The summed E-state index contributed by atoms with van der Waals surface area (Å²) in [6.45, 7) is 3.64. The van der Waals surface area contributed by atoms with Crippen molar-refractivity contribution in [3.63, 3.8) is 0 Å². The zero-order valence-corrected chi connectivity index (χ0v) is 14.9. The molecule has 0 saturated heterocycles. The molecule has 0 fully saturated rings. The predicted molar refractivity (Wildman–Crippen MR) is 102 cm³/mol. The predicted octanol–water partition coefficient (Wildman–Crippen LogP) is 4.46. The lowest BCUT2D eigenvalue weighted by Crippen LogP contribution is -2.30. The van der Waals surface area contributed by atoms with Gasteiger partial charge in [0.15, 0.2) is 0 Å². The first-order chi connectivity index (χ1) is 12.2. The Bertz CT molecular complexity index is 875. The van der Waals surface area contributed by atoms with Crippen molar-refractivity contribution in [2.24, 2.45) is 0 Å². The molecule has 0 saturated carbocycles. The molecule has 0 bridgehead atoms. The molecule has 2 amide bonds. The van der Waals surface area contributed by atoms with Gasteiger partial charge in [-0.05, 0) is 48.7 Å². The molecular formula is C19H21ClN4O. The molecule has 2 N–H and O–H groups in total. The average molecular weight is 357 g/mol. The highest BCUT2D eigenvalue weighted by molar-refractivity contribution is 6.30. The van der Waals surface area contributed by atoms with Gasteiger partial charge in [-0.25, -0.2) is 9.78 Å². The molecule has 6 heteroatoms. The number of halogens is 1. The molecule has 2 heterocycles. The Morgan fingerprint density at radius 1 is 1.28 bits per heavy atom. The molecule has 0 spiro atoms. The number of carbonyl (C=O) groups excluding carboxylic acids is 1. The largest absolute Gasteiger partial charge is 0.338 e. The number of nitrogens with zero attached hydrogens (tertiary/aromatic N) is 2. The zero-order valence-electron chi connectivity index (χ0n) is 14.1. The highest BCUT2D eigenvalue weighted by Gasteiger charge is 2.09. The number of urea groups is 1. The van der Waals surface area contributed by atoms with E-state index >= 15 is 0 Å². The van der Waals surface area contributed by atoms with Crippen LogP contribution in [-0.4, -0.2) is 22.1 Å². The highest BCUT2D eigenvalue weighted by Crippen LogP contribution is 2.20. The van der Waals surface area contributed by atoms with Gasteiger partial charge in [0.25, 0.3) is 0 Å². The first-order valence-corrected chi connectivity index (χ1v) is 8.78. The maximum Gasteiger partial charge on any atom is 0.319 e. The van der Waals surface area contributed by atoms with Crippen molar-refractivity contribution < 1.29 is 4.79 Å². The average Bonchev–Trinajstić information content (AvgIpc) is 2.94. The van der Waals surface area contributed by atoms with E-state index in [4.69, 9.17) is 11.6 Å². The molecule has 130 valence electrons. The number of rotatable bonds is 6. The second kappa shape index (κ2) is 8.03. The molecule has 0 aliphatic carbocycles. The summed E-state index contributed by atoms with van der Waals surface area (Å²) >= 11 is 5.92. The van der Waals surface area contributed by atoms with E-state index in [1.165, 1.54) is 5.56 Å². The van der Waals surface area contributed by atoms with Crippen molar-refractivity contribution in [3.05, 3.63) is 59.4 Å². The van der Waals surface area contributed by atoms with Crippen molar-refractivity contribution in [2.45, 2.75) is 26.3 Å². The van der Waals surface area contributed by atoms with Gasteiger partial charge in [0.1, 0.15) is 5.65 Å². The summed E-state index contributed by atoms with van der Waals surface area (Å²) in [5.41, 5.74) is 2.87. The summed E-state index contributed by atoms with van der Waals surface area (Å²) in [6.07, 6.45) is 5.76. The molecule has 2 aromatic heterocycles. The van der Waals surface area contributed by atoms with Crippen LogP contribution >= 0.6 is 11.6 Å².